The van der Waals surface area contributed by atoms with E-state index in [0.29, 0.717) is 19.6 Å². The van der Waals surface area contributed by atoms with E-state index in [9.17, 15) is 4.79 Å². The third-order valence-electron chi connectivity index (χ3n) is 3.36. The van der Waals surface area contributed by atoms with Crippen LogP contribution in [0.15, 0.2) is 24.3 Å². The lowest BCUT2D eigenvalue weighted by molar-refractivity contribution is -0.121. The number of carbonyl (C=O) groups is 1. The van der Waals surface area contributed by atoms with Gasteiger partial charge in [-0.05, 0) is 31.3 Å². The summed E-state index contributed by atoms with van der Waals surface area (Å²) in [6.07, 6.45) is 0. The molecule has 0 radical (unpaired) electrons. The quantitative estimate of drug-likeness (QED) is 0.837. The first kappa shape index (κ1) is 12.9. The number of likely N-dealkylation sites (N-methyl/N-ethyl adjacent to an activating group) is 1. The molecule has 98 valence electrons. The number of methoxy groups -OCH3 is 1. The molecule has 18 heavy (non-hydrogen) atoms. The van der Waals surface area contributed by atoms with E-state index in [1.165, 1.54) is 0 Å². The van der Waals surface area contributed by atoms with E-state index in [-0.39, 0.29) is 11.9 Å². The lowest BCUT2D eigenvalue weighted by Gasteiger charge is -2.38. The Morgan fingerprint density at radius 1 is 1.39 bits per heavy atom. The molecule has 0 bridgehead atoms. The molecule has 1 saturated heterocycles. The number of rotatable bonds is 3. The molecule has 1 amide bonds. The summed E-state index contributed by atoms with van der Waals surface area (Å²) in [5.41, 5.74) is 6.62. The molecule has 0 aromatic heterocycles. The minimum absolute atomic E-state index is 0.104. The van der Waals surface area contributed by atoms with Gasteiger partial charge in [0.05, 0.1) is 13.7 Å². The molecular weight excluding hydrogens is 230 g/mol. The Morgan fingerprint density at radius 3 is 2.61 bits per heavy atom. The average molecular weight is 249 g/mol. The zero-order valence-corrected chi connectivity index (χ0v) is 10.8. The van der Waals surface area contributed by atoms with Crippen LogP contribution < -0.4 is 15.4 Å². The van der Waals surface area contributed by atoms with Crippen molar-refractivity contribution in [2.45, 2.75) is 6.04 Å². The Bertz CT molecular complexity index is 419. The van der Waals surface area contributed by atoms with Crippen molar-refractivity contribution in [2.75, 3.05) is 38.7 Å². The van der Waals surface area contributed by atoms with Crippen LogP contribution in [0.2, 0.25) is 0 Å². The molecule has 0 saturated carbocycles. The molecule has 1 unspecified atom stereocenters. The normalized spacial score (nSPS) is 21.2. The van der Waals surface area contributed by atoms with Crippen molar-refractivity contribution in [3.63, 3.8) is 0 Å². The zero-order valence-electron chi connectivity index (χ0n) is 10.8. The lowest BCUT2D eigenvalue weighted by atomic mass is 10.1. The number of piperazine rings is 1. The average Bonchev–Trinajstić information content (AvgIpc) is 2.39. The first-order valence-corrected chi connectivity index (χ1v) is 6.00. The maximum Gasteiger partial charge on any atom is 0.241 e. The molecule has 1 aliphatic heterocycles. The Kier molecular flexibility index (Phi) is 3.84. The Balaban J connectivity index is 2.17. The van der Waals surface area contributed by atoms with Gasteiger partial charge in [0.2, 0.25) is 5.91 Å². The van der Waals surface area contributed by atoms with Crippen molar-refractivity contribution in [2.24, 2.45) is 5.73 Å². The standard InChI is InChI=1S/C13H19N3O2/c1-15-9-13(17)16(8-11(15)7-14)10-3-5-12(18-2)6-4-10/h3-6,11H,7-9,14H2,1-2H3. The van der Waals surface area contributed by atoms with Gasteiger partial charge in [0.15, 0.2) is 0 Å². The van der Waals surface area contributed by atoms with E-state index >= 15 is 0 Å². The van der Waals surface area contributed by atoms with Gasteiger partial charge in [0.25, 0.3) is 0 Å². The van der Waals surface area contributed by atoms with E-state index in [1.54, 1.807) is 12.0 Å². The van der Waals surface area contributed by atoms with Crippen LogP contribution in [0.1, 0.15) is 0 Å². The van der Waals surface area contributed by atoms with Gasteiger partial charge in [-0.15, -0.1) is 0 Å². The molecule has 1 atom stereocenters. The van der Waals surface area contributed by atoms with Crippen LogP contribution in [0.4, 0.5) is 5.69 Å². The molecule has 2 rings (SSSR count). The van der Waals surface area contributed by atoms with E-state index in [4.69, 9.17) is 10.5 Å². The van der Waals surface area contributed by atoms with E-state index in [1.807, 2.05) is 36.2 Å². The van der Waals surface area contributed by atoms with Gasteiger partial charge in [0.1, 0.15) is 5.75 Å². The number of hydrogen-bond acceptors (Lipinski definition) is 4. The monoisotopic (exact) mass is 249 g/mol. The highest BCUT2D eigenvalue weighted by Gasteiger charge is 2.29. The molecular formula is C13H19N3O2. The highest BCUT2D eigenvalue weighted by Crippen LogP contribution is 2.22. The van der Waals surface area contributed by atoms with Crippen LogP contribution in [0.25, 0.3) is 0 Å². The van der Waals surface area contributed by atoms with Crippen molar-refractivity contribution in [3.8, 4) is 5.75 Å². The van der Waals surface area contributed by atoms with E-state index in [2.05, 4.69) is 0 Å². The summed E-state index contributed by atoms with van der Waals surface area (Å²) in [4.78, 5) is 15.8. The Labute approximate surface area is 107 Å². The number of carbonyl (C=O) groups excluding carboxylic acids is 1. The second-order valence-corrected chi connectivity index (χ2v) is 4.51. The zero-order chi connectivity index (χ0) is 13.1. The first-order valence-electron chi connectivity index (χ1n) is 6.00. The van der Waals surface area contributed by atoms with Crippen LogP contribution in [0.5, 0.6) is 5.75 Å². The molecule has 0 aliphatic carbocycles. The van der Waals surface area contributed by atoms with Gasteiger partial charge in [-0.3, -0.25) is 9.69 Å². The van der Waals surface area contributed by atoms with E-state index < -0.39 is 0 Å². The van der Waals surface area contributed by atoms with Crippen molar-refractivity contribution in [1.82, 2.24) is 4.90 Å². The van der Waals surface area contributed by atoms with Crippen LogP contribution in [-0.2, 0) is 4.79 Å². The molecule has 1 aromatic rings. The molecule has 1 aliphatic rings. The van der Waals surface area contributed by atoms with Crippen LogP contribution in [-0.4, -0.2) is 50.6 Å². The van der Waals surface area contributed by atoms with Crippen molar-refractivity contribution < 1.29 is 9.53 Å². The summed E-state index contributed by atoms with van der Waals surface area (Å²) in [6, 6.07) is 7.73. The number of nitrogens with zero attached hydrogens (tertiary/aromatic N) is 2. The molecule has 1 aromatic carbocycles. The van der Waals surface area contributed by atoms with Crippen LogP contribution in [0.3, 0.4) is 0 Å². The molecule has 1 fully saturated rings. The predicted octanol–water partition coefficient (Wildman–Crippen LogP) is 0.301. The van der Waals surface area contributed by atoms with Crippen LogP contribution in [0, 0.1) is 0 Å². The molecule has 2 N–H and O–H groups in total. The largest absolute Gasteiger partial charge is 0.497 e. The lowest BCUT2D eigenvalue weighted by Crippen LogP contribution is -2.57. The summed E-state index contributed by atoms with van der Waals surface area (Å²) in [5, 5.41) is 0. The fourth-order valence-corrected chi connectivity index (χ4v) is 2.15. The number of benzene rings is 1. The second-order valence-electron chi connectivity index (χ2n) is 4.51. The Morgan fingerprint density at radius 2 is 2.06 bits per heavy atom. The fraction of sp³-hybridized carbons (Fsp3) is 0.462. The topological polar surface area (TPSA) is 58.8 Å². The molecule has 1 heterocycles. The minimum atomic E-state index is 0.104. The third-order valence-corrected chi connectivity index (χ3v) is 3.36. The molecule has 0 spiro atoms. The summed E-state index contributed by atoms with van der Waals surface area (Å²) in [5.74, 6) is 0.892. The number of hydrogen-bond donors (Lipinski definition) is 1. The number of nitrogens with two attached hydrogens (primary N) is 1. The van der Waals surface area contributed by atoms with Gasteiger partial charge in [-0.1, -0.05) is 0 Å². The summed E-state index contributed by atoms with van der Waals surface area (Å²) >= 11 is 0. The van der Waals surface area contributed by atoms with Gasteiger partial charge in [-0.2, -0.15) is 0 Å². The van der Waals surface area contributed by atoms with Crippen molar-refractivity contribution in [1.29, 1.82) is 0 Å². The van der Waals surface area contributed by atoms with Gasteiger partial charge in [-0.25, -0.2) is 0 Å². The summed E-state index contributed by atoms with van der Waals surface area (Å²) in [7, 11) is 3.56. The van der Waals surface area contributed by atoms with Gasteiger partial charge < -0.3 is 15.4 Å². The first-order chi connectivity index (χ1) is 8.65. The number of amides is 1. The molecule has 5 nitrogen and oxygen atoms in total. The highest BCUT2D eigenvalue weighted by molar-refractivity contribution is 5.95. The Hall–Kier alpha value is -1.59. The summed E-state index contributed by atoms with van der Waals surface area (Å²) in [6.45, 7) is 1.60. The van der Waals surface area contributed by atoms with Gasteiger partial charge in [0, 0.05) is 24.8 Å². The van der Waals surface area contributed by atoms with Crippen molar-refractivity contribution in [3.05, 3.63) is 24.3 Å². The number of ether oxygens (including phenoxy) is 1. The predicted molar refractivity (Wildman–Crippen MR) is 70.8 cm³/mol. The smallest absolute Gasteiger partial charge is 0.241 e. The van der Waals surface area contributed by atoms with Crippen LogP contribution >= 0.6 is 0 Å². The maximum absolute atomic E-state index is 12.0. The van der Waals surface area contributed by atoms with Crippen molar-refractivity contribution >= 4 is 11.6 Å². The van der Waals surface area contributed by atoms with Gasteiger partial charge >= 0.3 is 0 Å². The SMILES string of the molecule is COc1ccc(N2CC(CN)N(C)CC2=O)cc1. The summed E-state index contributed by atoms with van der Waals surface area (Å²) < 4.78 is 5.11. The minimum Gasteiger partial charge on any atom is -0.497 e. The van der Waals surface area contributed by atoms with E-state index in [0.717, 1.165) is 11.4 Å². The molecule has 5 heteroatoms. The highest BCUT2D eigenvalue weighted by atomic mass is 16.5. The third kappa shape index (κ3) is 2.47. The fourth-order valence-electron chi connectivity index (χ4n) is 2.15. The second kappa shape index (κ2) is 5.37. The number of anilines is 1. The maximum atomic E-state index is 12.0.